The molecule has 0 aliphatic rings. The molecule has 0 bridgehead atoms. The van der Waals surface area contributed by atoms with Crippen LogP contribution in [0.15, 0.2) is 12.1 Å². The van der Waals surface area contributed by atoms with Crippen LogP contribution in [0.3, 0.4) is 0 Å². The molecule has 6 heteroatoms. The molecule has 0 amide bonds. The zero-order valence-corrected chi connectivity index (χ0v) is 9.22. The molecule has 0 spiro atoms. The van der Waals surface area contributed by atoms with E-state index in [1.807, 2.05) is 0 Å². The lowest BCUT2D eigenvalue weighted by atomic mass is 10.0. The number of rotatable bonds is 3. The Balaban J connectivity index is 0.00000196. The van der Waals surface area contributed by atoms with Crippen molar-refractivity contribution in [2.45, 2.75) is 12.5 Å². The highest BCUT2D eigenvalue weighted by atomic mass is 35.5. The maximum absolute atomic E-state index is 13.2. The van der Waals surface area contributed by atoms with Crippen LogP contribution in [0.4, 0.5) is 13.2 Å². The van der Waals surface area contributed by atoms with E-state index in [0.29, 0.717) is 0 Å². The number of hydrogen-bond donors (Lipinski definition) is 1. The maximum atomic E-state index is 13.2. The predicted molar refractivity (Wildman–Crippen MR) is 56.1 cm³/mol. The van der Waals surface area contributed by atoms with Crippen molar-refractivity contribution in [1.29, 1.82) is 0 Å². The van der Waals surface area contributed by atoms with E-state index >= 15 is 0 Å². The lowest BCUT2D eigenvalue weighted by Gasteiger charge is -2.13. The summed E-state index contributed by atoms with van der Waals surface area (Å²) in [6.45, 7) is -0.701. The van der Waals surface area contributed by atoms with Crippen molar-refractivity contribution in [2.75, 3.05) is 6.67 Å². The summed E-state index contributed by atoms with van der Waals surface area (Å²) in [5.41, 5.74) is 5.28. The molecule has 1 aromatic rings. The summed E-state index contributed by atoms with van der Waals surface area (Å²) in [5.74, 6) is -1.46. The Morgan fingerprint density at radius 3 is 2.33 bits per heavy atom. The fraction of sp³-hybridized carbons (Fsp3) is 0.333. The Morgan fingerprint density at radius 2 is 1.80 bits per heavy atom. The Kier molecular flexibility index (Phi) is 6.02. The summed E-state index contributed by atoms with van der Waals surface area (Å²) in [4.78, 5) is 0. The van der Waals surface area contributed by atoms with Gasteiger partial charge in [-0.3, -0.25) is 4.39 Å². The highest BCUT2D eigenvalue weighted by molar-refractivity contribution is 6.31. The fourth-order valence-corrected chi connectivity index (χ4v) is 1.44. The monoisotopic (exact) mass is 259 g/mol. The SMILES string of the molecule is Cl.N[C@@H](CCF)c1c(F)ccc(F)c1Cl. The van der Waals surface area contributed by atoms with Gasteiger partial charge in [0.1, 0.15) is 11.6 Å². The van der Waals surface area contributed by atoms with E-state index in [2.05, 4.69) is 0 Å². The third-order valence-corrected chi connectivity index (χ3v) is 2.25. The molecule has 0 heterocycles. The third-order valence-electron chi connectivity index (χ3n) is 1.87. The number of benzene rings is 1. The number of hydrogen-bond acceptors (Lipinski definition) is 1. The molecular formula is C9H10Cl2F3N. The standard InChI is InChI=1S/C9H9ClF3N.ClH/c10-9-6(13)2-1-5(12)8(9)7(14)3-4-11;/h1-2,7H,3-4,14H2;1H/t7-;/m0./s1. The van der Waals surface area contributed by atoms with Gasteiger partial charge in [-0.25, -0.2) is 8.78 Å². The summed E-state index contributed by atoms with van der Waals surface area (Å²) in [7, 11) is 0. The highest BCUT2D eigenvalue weighted by Gasteiger charge is 2.18. The van der Waals surface area contributed by atoms with E-state index in [-0.39, 0.29) is 29.4 Å². The molecule has 2 N–H and O–H groups in total. The zero-order chi connectivity index (χ0) is 10.7. The molecule has 1 atom stereocenters. The molecule has 1 nitrogen and oxygen atoms in total. The van der Waals surface area contributed by atoms with Crippen LogP contribution in [-0.2, 0) is 0 Å². The summed E-state index contributed by atoms with van der Waals surface area (Å²) in [6.07, 6.45) is -0.0832. The first-order valence-electron chi connectivity index (χ1n) is 4.03. The van der Waals surface area contributed by atoms with Gasteiger partial charge >= 0.3 is 0 Å². The minimum atomic E-state index is -0.914. The largest absolute Gasteiger partial charge is 0.324 e. The predicted octanol–water partition coefficient (Wildman–Crippen LogP) is 3.40. The Bertz CT molecular complexity index is 333. The van der Waals surface area contributed by atoms with Crippen LogP contribution < -0.4 is 5.73 Å². The van der Waals surface area contributed by atoms with Crippen LogP contribution in [0.2, 0.25) is 5.02 Å². The third kappa shape index (κ3) is 3.26. The van der Waals surface area contributed by atoms with Gasteiger partial charge in [-0.15, -0.1) is 12.4 Å². The van der Waals surface area contributed by atoms with E-state index in [1.54, 1.807) is 0 Å². The first kappa shape index (κ1) is 14.6. The molecule has 0 radical (unpaired) electrons. The van der Waals surface area contributed by atoms with Gasteiger partial charge in [-0.05, 0) is 18.6 Å². The smallest absolute Gasteiger partial charge is 0.142 e. The van der Waals surface area contributed by atoms with Gasteiger partial charge in [-0.2, -0.15) is 0 Å². The van der Waals surface area contributed by atoms with E-state index in [0.717, 1.165) is 12.1 Å². The second kappa shape index (κ2) is 6.20. The van der Waals surface area contributed by atoms with Crippen molar-refractivity contribution in [3.05, 3.63) is 34.4 Å². The van der Waals surface area contributed by atoms with Gasteiger partial charge in [0, 0.05) is 11.6 Å². The van der Waals surface area contributed by atoms with Crippen molar-refractivity contribution in [3.8, 4) is 0 Å². The summed E-state index contributed by atoms with van der Waals surface area (Å²) >= 11 is 5.51. The molecule has 0 saturated carbocycles. The van der Waals surface area contributed by atoms with Gasteiger partial charge in [0.25, 0.3) is 0 Å². The molecule has 0 unspecified atom stereocenters. The number of nitrogens with two attached hydrogens (primary N) is 1. The second-order valence-electron chi connectivity index (χ2n) is 2.84. The van der Waals surface area contributed by atoms with Gasteiger partial charge in [0.15, 0.2) is 0 Å². The van der Waals surface area contributed by atoms with Crippen molar-refractivity contribution >= 4 is 24.0 Å². The molecular weight excluding hydrogens is 250 g/mol. The number of alkyl halides is 1. The van der Waals surface area contributed by atoms with Gasteiger partial charge < -0.3 is 5.73 Å². The summed E-state index contributed by atoms with van der Waals surface area (Å²) in [5, 5.41) is -0.369. The molecule has 0 aromatic heterocycles. The topological polar surface area (TPSA) is 26.0 Å². The zero-order valence-electron chi connectivity index (χ0n) is 7.64. The fourth-order valence-electron chi connectivity index (χ4n) is 1.14. The van der Waals surface area contributed by atoms with Crippen molar-refractivity contribution in [3.63, 3.8) is 0 Å². The van der Waals surface area contributed by atoms with Gasteiger partial charge in [0.05, 0.1) is 11.7 Å². The molecule has 1 rings (SSSR count). The van der Waals surface area contributed by atoms with Crippen molar-refractivity contribution in [2.24, 2.45) is 5.73 Å². The van der Waals surface area contributed by atoms with Gasteiger partial charge in [0.2, 0.25) is 0 Å². The maximum Gasteiger partial charge on any atom is 0.142 e. The highest BCUT2D eigenvalue weighted by Crippen LogP contribution is 2.28. The lowest BCUT2D eigenvalue weighted by molar-refractivity contribution is 0.434. The Morgan fingerprint density at radius 1 is 1.27 bits per heavy atom. The van der Waals surface area contributed by atoms with Crippen LogP contribution in [-0.4, -0.2) is 6.67 Å². The minimum Gasteiger partial charge on any atom is -0.324 e. The molecule has 0 aliphatic carbocycles. The quantitative estimate of drug-likeness (QED) is 0.828. The summed E-state index contributed by atoms with van der Waals surface area (Å²) < 4.78 is 38.0. The van der Waals surface area contributed by atoms with Crippen molar-refractivity contribution < 1.29 is 13.2 Å². The molecule has 15 heavy (non-hydrogen) atoms. The van der Waals surface area contributed by atoms with E-state index < -0.39 is 24.4 Å². The van der Waals surface area contributed by atoms with E-state index in [1.165, 1.54) is 0 Å². The lowest BCUT2D eigenvalue weighted by Crippen LogP contribution is -2.14. The molecule has 0 fully saturated rings. The van der Waals surface area contributed by atoms with E-state index in [4.69, 9.17) is 17.3 Å². The Labute approximate surface area is 96.8 Å². The van der Waals surface area contributed by atoms with E-state index in [9.17, 15) is 13.2 Å². The first-order valence-corrected chi connectivity index (χ1v) is 4.40. The van der Waals surface area contributed by atoms with Crippen LogP contribution in [0.1, 0.15) is 18.0 Å². The average Bonchev–Trinajstić information content (AvgIpc) is 2.13. The minimum absolute atomic E-state index is 0. The molecule has 1 aromatic carbocycles. The molecule has 0 saturated heterocycles. The van der Waals surface area contributed by atoms with Crippen LogP contribution in [0.25, 0.3) is 0 Å². The van der Waals surface area contributed by atoms with Crippen LogP contribution in [0, 0.1) is 11.6 Å². The number of halogens is 5. The van der Waals surface area contributed by atoms with Gasteiger partial charge in [-0.1, -0.05) is 11.6 Å². The normalized spacial score (nSPS) is 12.1. The average molecular weight is 260 g/mol. The van der Waals surface area contributed by atoms with Crippen LogP contribution in [0.5, 0.6) is 0 Å². The van der Waals surface area contributed by atoms with Crippen molar-refractivity contribution in [1.82, 2.24) is 0 Å². The first-order chi connectivity index (χ1) is 6.57. The van der Waals surface area contributed by atoms with Crippen LogP contribution >= 0.6 is 24.0 Å². The molecule has 86 valence electrons. The summed E-state index contributed by atoms with van der Waals surface area (Å²) in [6, 6.07) is 0.918. The Hall–Kier alpha value is -0.450. The second-order valence-corrected chi connectivity index (χ2v) is 3.22. The molecule has 0 aliphatic heterocycles.